The molecule has 0 saturated carbocycles. The molecule has 1 saturated heterocycles. The minimum Gasteiger partial charge on any atom is -0.369 e. The first-order valence-electron chi connectivity index (χ1n) is 7.63. The number of pyridine rings is 1. The summed E-state index contributed by atoms with van der Waals surface area (Å²) in [7, 11) is 0. The van der Waals surface area contributed by atoms with Crippen LogP contribution in [0.25, 0.3) is 0 Å². The molecule has 0 spiro atoms. The van der Waals surface area contributed by atoms with Crippen molar-refractivity contribution in [2.45, 2.75) is 46.1 Å². The predicted octanol–water partition coefficient (Wildman–Crippen LogP) is 3.16. The van der Waals surface area contributed by atoms with E-state index < -0.39 is 0 Å². The second-order valence-corrected chi connectivity index (χ2v) is 5.80. The van der Waals surface area contributed by atoms with Gasteiger partial charge in [0.15, 0.2) is 0 Å². The molecular formula is C16H25N3O. The van der Waals surface area contributed by atoms with Gasteiger partial charge in [-0.1, -0.05) is 13.8 Å². The van der Waals surface area contributed by atoms with E-state index in [4.69, 9.17) is 0 Å². The summed E-state index contributed by atoms with van der Waals surface area (Å²) < 4.78 is 0. The number of carbonyl (C=O) groups is 1. The summed E-state index contributed by atoms with van der Waals surface area (Å²) in [5.41, 5.74) is 0.697. The minimum atomic E-state index is 0.108. The highest BCUT2D eigenvalue weighted by Gasteiger charge is 2.28. The van der Waals surface area contributed by atoms with Crippen molar-refractivity contribution in [3.05, 3.63) is 23.9 Å². The molecule has 0 bridgehead atoms. The summed E-state index contributed by atoms with van der Waals surface area (Å²) in [6.45, 7) is 8.19. The Morgan fingerprint density at radius 3 is 3.00 bits per heavy atom. The van der Waals surface area contributed by atoms with Crippen molar-refractivity contribution in [3.63, 3.8) is 0 Å². The monoisotopic (exact) mass is 275 g/mol. The van der Waals surface area contributed by atoms with Gasteiger partial charge in [-0.3, -0.25) is 4.79 Å². The maximum atomic E-state index is 12.7. The molecular weight excluding hydrogens is 250 g/mol. The molecule has 0 aromatic carbocycles. The largest absolute Gasteiger partial charge is 0.369 e. The molecule has 20 heavy (non-hydrogen) atoms. The van der Waals surface area contributed by atoms with Gasteiger partial charge >= 0.3 is 0 Å². The van der Waals surface area contributed by atoms with Gasteiger partial charge in [0.1, 0.15) is 5.82 Å². The van der Waals surface area contributed by atoms with Crippen LogP contribution in [0.3, 0.4) is 0 Å². The van der Waals surface area contributed by atoms with E-state index in [1.165, 1.54) is 0 Å². The molecule has 1 aliphatic heterocycles. The number of likely N-dealkylation sites (tertiary alicyclic amines) is 1. The van der Waals surface area contributed by atoms with Crippen LogP contribution in [-0.2, 0) is 0 Å². The molecule has 1 N–H and O–H groups in total. The van der Waals surface area contributed by atoms with Crippen LogP contribution in [0.15, 0.2) is 18.3 Å². The van der Waals surface area contributed by atoms with Crippen LogP contribution in [0.1, 0.15) is 50.4 Å². The zero-order valence-corrected chi connectivity index (χ0v) is 12.7. The third kappa shape index (κ3) is 3.30. The molecule has 2 atom stereocenters. The lowest BCUT2D eigenvalue weighted by Gasteiger charge is -2.36. The minimum absolute atomic E-state index is 0.108. The van der Waals surface area contributed by atoms with E-state index >= 15 is 0 Å². The van der Waals surface area contributed by atoms with E-state index in [1.54, 1.807) is 6.20 Å². The third-order valence-corrected chi connectivity index (χ3v) is 3.98. The molecule has 4 nitrogen and oxygen atoms in total. The molecule has 0 aliphatic carbocycles. The van der Waals surface area contributed by atoms with Crippen LogP contribution in [0.4, 0.5) is 5.82 Å². The zero-order valence-electron chi connectivity index (χ0n) is 12.7. The Kier molecular flexibility index (Phi) is 4.99. The van der Waals surface area contributed by atoms with Gasteiger partial charge in [0.05, 0.1) is 5.56 Å². The molecule has 1 fully saturated rings. The van der Waals surface area contributed by atoms with E-state index in [2.05, 4.69) is 31.1 Å². The first-order chi connectivity index (χ1) is 9.63. The lowest BCUT2D eigenvalue weighted by molar-refractivity contribution is 0.0589. The summed E-state index contributed by atoms with van der Waals surface area (Å²) in [6, 6.07) is 4.02. The fraction of sp³-hybridized carbons (Fsp3) is 0.625. The number of hydrogen-bond acceptors (Lipinski definition) is 3. The SMILES string of the molecule is CCCNc1ncccc1C(=O)N1CCC(C)CC1C. The Hall–Kier alpha value is -1.58. The van der Waals surface area contributed by atoms with Crippen molar-refractivity contribution in [2.24, 2.45) is 5.92 Å². The number of piperidine rings is 1. The van der Waals surface area contributed by atoms with Crippen molar-refractivity contribution in [3.8, 4) is 0 Å². The van der Waals surface area contributed by atoms with Crippen molar-refractivity contribution >= 4 is 11.7 Å². The molecule has 110 valence electrons. The Bertz CT molecular complexity index is 461. The molecule has 2 rings (SSSR count). The molecule has 0 radical (unpaired) electrons. The van der Waals surface area contributed by atoms with E-state index in [9.17, 15) is 4.79 Å². The lowest BCUT2D eigenvalue weighted by atomic mass is 9.93. The maximum Gasteiger partial charge on any atom is 0.257 e. The van der Waals surface area contributed by atoms with E-state index in [1.807, 2.05) is 17.0 Å². The van der Waals surface area contributed by atoms with Crippen LogP contribution in [0.5, 0.6) is 0 Å². The highest BCUT2D eigenvalue weighted by molar-refractivity contribution is 5.98. The average Bonchev–Trinajstić information content (AvgIpc) is 2.45. The van der Waals surface area contributed by atoms with Gasteiger partial charge in [-0.2, -0.15) is 0 Å². The second kappa shape index (κ2) is 6.73. The third-order valence-electron chi connectivity index (χ3n) is 3.98. The van der Waals surface area contributed by atoms with Crippen molar-refractivity contribution in [1.29, 1.82) is 0 Å². The normalized spacial score (nSPS) is 22.6. The van der Waals surface area contributed by atoms with Gasteiger partial charge in [0.2, 0.25) is 0 Å². The average molecular weight is 275 g/mol. The molecule has 2 heterocycles. The maximum absolute atomic E-state index is 12.7. The number of rotatable bonds is 4. The number of amides is 1. The number of nitrogens with zero attached hydrogens (tertiary/aromatic N) is 2. The number of hydrogen-bond donors (Lipinski definition) is 1. The van der Waals surface area contributed by atoms with Gasteiger partial charge in [-0.05, 0) is 44.2 Å². The molecule has 1 aromatic heterocycles. The van der Waals surface area contributed by atoms with Crippen LogP contribution in [0, 0.1) is 5.92 Å². The quantitative estimate of drug-likeness (QED) is 0.918. The van der Waals surface area contributed by atoms with Gasteiger partial charge < -0.3 is 10.2 Å². The molecule has 1 amide bonds. The summed E-state index contributed by atoms with van der Waals surface area (Å²) >= 11 is 0. The van der Waals surface area contributed by atoms with E-state index in [-0.39, 0.29) is 5.91 Å². The molecule has 2 unspecified atom stereocenters. The van der Waals surface area contributed by atoms with E-state index in [0.717, 1.165) is 32.4 Å². The van der Waals surface area contributed by atoms with Gasteiger partial charge in [-0.25, -0.2) is 4.98 Å². The van der Waals surface area contributed by atoms with Crippen molar-refractivity contribution in [2.75, 3.05) is 18.4 Å². The summed E-state index contributed by atoms with van der Waals surface area (Å²) in [6.07, 6.45) is 4.93. The molecule has 4 heteroatoms. The standard InChI is InChI=1S/C16H25N3O/c1-4-8-17-15-14(6-5-9-18-15)16(20)19-10-7-12(2)11-13(19)3/h5-6,9,12-13H,4,7-8,10-11H2,1-3H3,(H,17,18). The van der Waals surface area contributed by atoms with Crippen molar-refractivity contribution in [1.82, 2.24) is 9.88 Å². The highest BCUT2D eigenvalue weighted by atomic mass is 16.2. The predicted molar refractivity (Wildman–Crippen MR) is 81.9 cm³/mol. The fourth-order valence-electron chi connectivity index (χ4n) is 2.83. The summed E-state index contributed by atoms with van der Waals surface area (Å²) in [4.78, 5) is 19.1. The van der Waals surface area contributed by atoms with Crippen molar-refractivity contribution < 1.29 is 4.79 Å². The first-order valence-corrected chi connectivity index (χ1v) is 7.63. The van der Waals surface area contributed by atoms with E-state index in [0.29, 0.717) is 23.3 Å². The molecule has 1 aromatic rings. The Labute approximate surface area is 121 Å². The number of nitrogens with one attached hydrogen (secondary N) is 1. The Morgan fingerprint density at radius 2 is 2.30 bits per heavy atom. The smallest absolute Gasteiger partial charge is 0.257 e. The van der Waals surface area contributed by atoms with Crippen LogP contribution in [0.2, 0.25) is 0 Å². The number of aromatic nitrogens is 1. The fourth-order valence-corrected chi connectivity index (χ4v) is 2.83. The topological polar surface area (TPSA) is 45.2 Å². The zero-order chi connectivity index (χ0) is 14.5. The highest BCUT2D eigenvalue weighted by Crippen LogP contribution is 2.25. The number of anilines is 1. The van der Waals surface area contributed by atoms with Crippen LogP contribution < -0.4 is 5.32 Å². The summed E-state index contributed by atoms with van der Waals surface area (Å²) in [5.74, 6) is 1.53. The second-order valence-electron chi connectivity index (χ2n) is 5.80. The Morgan fingerprint density at radius 1 is 1.50 bits per heavy atom. The van der Waals surface area contributed by atoms with Gasteiger partial charge in [0.25, 0.3) is 5.91 Å². The molecule has 1 aliphatic rings. The van der Waals surface area contributed by atoms with Crippen LogP contribution in [-0.4, -0.2) is 34.9 Å². The Balaban J connectivity index is 2.16. The summed E-state index contributed by atoms with van der Waals surface area (Å²) in [5, 5.41) is 3.25. The van der Waals surface area contributed by atoms with Crippen LogP contribution >= 0.6 is 0 Å². The lowest BCUT2D eigenvalue weighted by Crippen LogP contribution is -2.44. The van der Waals surface area contributed by atoms with Gasteiger partial charge in [0, 0.05) is 25.3 Å². The number of carbonyl (C=O) groups excluding carboxylic acids is 1. The van der Waals surface area contributed by atoms with Gasteiger partial charge in [-0.15, -0.1) is 0 Å². The first kappa shape index (κ1) is 14.8.